The largest absolute Gasteiger partial charge is 0.320 e. The van der Waals surface area contributed by atoms with Gasteiger partial charge in [-0.3, -0.25) is 4.98 Å². The van der Waals surface area contributed by atoms with Gasteiger partial charge in [0.25, 0.3) is 0 Å². The number of hydrogen-bond donors (Lipinski definition) is 1. The zero-order valence-electron chi connectivity index (χ0n) is 9.64. The molecule has 0 bridgehead atoms. The first-order chi connectivity index (χ1) is 7.68. The average molecular weight is 212 g/mol. The number of aryl methyl sites for hydroxylation is 2. The molecule has 2 aromatic rings. The van der Waals surface area contributed by atoms with Gasteiger partial charge in [-0.15, -0.1) is 0 Å². The van der Waals surface area contributed by atoms with Gasteiger partial charge in [0.05, 0.1) is 6.04 Å². The number of hydrogen-bond acceptors (Lipinski definition) is 2. The van der Waals surface area contributed by atoms with Crippen molar-refractivity contribution in [3.05, 3.63) is 65.0 Å². The van der Waals surface area contributed by atoms with Gasteiger partial charge in [-0.05, 0) is 42.7 Å². The third-order valence-electron chi connectivity index (χ3n) is 2.84. The van der Waals surface area contributed by atoms with Crippen LogP contribution in [-0.2, 0) is 0 Å². The van der Waals surface area contributed by atoms with Crippen molar-refractivity contribution in [2.24, 2.45) is 5.73 Å². The highest BCUT2D eigenvalue weighted by Crippen LogP contribution is 2.22. The molecule has 1 aromatic carbocycles. The molecule has 2 N–H and O–H groups in total. The van der Waals surface area contributed by atoms with Crippen LogP contribution < -0.4 is 5.73 Å². The summed E-state index contributed by atoms with van der Waals surface area (Å²) in [5.41, 5.74) is 11.0. The number of benzene rings is 1. The molecular weight excluding hydrogens is 196 g/mol. The summed E-state index contributed by atoms with van der Waals surface area (Å²) in [5, 5.41) is 0. The lowest BCUT2D eigenvalue weighted by Gasteiger charge is -2.15. The highest BCUT2D eigenvalue weighted by molar-refractivity contribution is 5.38. The lowest BCUT2D eigenvalue weighted by molar-refractivity contribution is 0.856. The van der Waals surface area contributed by atoms with Crippen LogP contribution in [0.2, 0.25) is 0 Å². The van der Waals surface area contributed by atoms with E-state index in [-0.39, 0.29) is 6.04 Å². The van der Waals surface area contributed by atoms with Crippen molar-refractivity contribution < 1.29 is 0 Å². The monoisotopic (exact) mass is 212 g/mol. The van der Waals surface area contributed by atoms with Gasteiger partial charge >= 0.3 is 0 Å². The van der Waals surface area contributed by atoms with Gasteiger partial charge in [-0.2, -0.15) is 0 Å². The highest BCUT2D eigenvalue weighted by Gasteiger charge is 2.10. The maximum Gasteiger partial charge on any atom is 0.0555 e. The fraction of sp³-hybridized carbons (Fsp3) is 0.214. The predicted molar refractivity (Wildman–Crippen MR) is 66.2 cm³/mol. The predicted octanol–water partition coefficient (Wildman–Crippen LogP) is 2.75. The van der Waals surface area contributed by atoms with Crippen molar-refractivity contribution in [1.82, 2.24) is 4.98 Å². The minimum absolute atomic E-state index is 0.0668. The van der Waals surface area contributed by atoms with Gasteiger partial charge in [0, 0.05) is 12.4 Å². The van der Waals surface area contributed by atoms with Gasteiger partial charge in [-0.1, -0.05) is 23.8 Å². The van der Waals surface area contributed by atoms with Gasteiger partial charge in [0.1, 0.15) is 0 Å². The summed E-state index contributed by atoms with van der Waals surface area (Å²) in [6.45, 7) is 4.18. The quantitative estimate of drug-likeness (QED) is 0.831. The van der Waals surface area contributed by atoms with Crippen molar-refractivity contribution in [2.75, 3.05) is 0 Å². The van der Waals surface area contributed by atoms with E-state index in [1.54, 1.807) is 12.4 Å². The zero-order valence-corrected chi connectivity index (χ0v) is 9.64. The van der Waals surface area contributed by atoms with E-state index >= 15 is 0 Å². The van der Waals surface area contributed by atoms with Crippen LogP contribution in [0.4, 0.5) is 0 Å². The van der Waals surface area contributed by atoms with E-state index < -0.39 is 0 Å². The zero-order chi connectivity index (χ0) is 11.5. The van der Waals surface area contributed by atoms with E-state index in [9.17, 15) is 0 Å². The first kappa shape index (κ1) is 10.8. The van der Waals surface area contributed by atoms with Crippen LogP contribution in [0.3, 0.4) is 0 Å². The molecule has 1 atom stereocenters. The fourth-order valence-corrected chi connectivity index (χ4v) is 1.85. The van der Waals surface area contributed by atoms with Crippen molar-refractivity contribution in [3.63, 3.8) is 0 Å². The summed E-state index contributed by atoms with van der Waals surface area (Å²) in [6, 6.07) is 10.2. The van der Waals surface area contributed by atoms with Crippen LogP contribution in [-0.4, -0.2) is 4.98 Å². The minimum atomic E-state index is -0.0668. The third kappa shape index (κ3) is 2.12. The summed E-state index contributed by atoms with van der Waals surface area (Å²) in [5.74, 6) is 0. The Labute approximate surface area is 96.1 Å². The number of aromatic nitrogens is 1. The molecule has 16 heavy (non-hydrogen) atoms. The lowest BCUT2D eigenvalue weighted by atomic mass is 9.95. The van der Waals surface area contributed by atoms with Crippen LogP contribution in [0.25, 0.3) is 0 Å². The summed E-state index contributed by atoms with van der Waals surface area (Å²) in [6.07, 6.45) is 3.56. The molecule has 0 aliphatic heterocycles. The minimum Gasteiger partial charge on any atom is -0.320 e. The standard InChI is InChI=1S/C14H16N2/c1-10-3-4-11(2)13(9-10)14(15)12-5-7-16-8-6-12/h3-9,14H,15H2,1-2H3/t14-/m0/s1. The first-order valence-corrected chi connectivity index (χ1v) is 5.41. The number of nitrogens with two attached hydrogens (primary N) is 1. The lowest BCUT2D eigenvalue weighted by Crippen LogP contribution is -2.13. The highest BCUT2D eigenvalue weighted by atomic mass is 14.7. The average Bonchev–Trinajstić information content (AvgIpc) is 2.32. The molecule has 82 valence electrons. The molecule has 0 aliphatic carbocycles. The fourth-order valence-electron chi connectivity index (χ4n) is 1.85. The third-order valence-corrected chi connectivity index (χ3v) is 2.84. The molecule has 0 aliphatic rings. The van der Waals surface area contributed by atoms with E-state index in [1.165, 1.54) is 16.7 Å². The van der Waals surface area contributed by atoms with Gasteiger partial charge in [-0.25, -0.2) is 0 Å². The Bertz CT molecular complexity index is 477. The molecule has 0 amide bonds. The molecule has 2 nitrogen and oxygen atoms in total. The Morgan fingerprint density at radius 2 is 1.75 bits per heavy atom. The van der Waals surface area contributed by atoms with Crippen LogP contribution in [0.5, 0.6) is 0 Å². The molecule has 0 radical (unpaired) electrons. The van der Waals surface area contributed by atoms with Crippen molar-refractivity contribution in [2.45, 2.75) is 19.9 Å². The van der Waals surface area contributed by atoms with Crippen LogP contribution in [0, 0.1) is 13.8 Å². The van der Waals surface area contributed by atoms with E-state index in [1.807, 2.05) is 12.1 Å². The summed E-state index contributed by atoms with van der Waals surface area (Å²) < 4.78 is 0. The van der Waals surface area contributed by atoms with Crippen molar-refractivity contribution in [1.29, 1.82) is 0 Å². The molecule has 0 spiro atoms. The Balaban J connectivity index is 2.41. The van der Waals surface area contributed by atoms with E-state index in [0.29, 0.717) is 0 Å². The van der Waals surface area contributed by atoms with E-state index in [4.69, 9.17) is 5.73 Å². The van der Waals surface area contributed by atoms with E-state index in [0.717, 1.165) is 5.56 Å². The summed E-state index contributed by atoms with van der Waals surface area (Å²) in [4.78, 5) is 4.01. The normalized spacial score (nSPS) is 12.4. The molecule has 0 saturated heterocycles. The second-order valence-corrected chi connectivity index (χ2v) is 4.12. The molecular formula is C14H16N2. The summed E-state index contributed by atoms with van der Waals surface area (Å²) >= 11 is 0. The Morgan fingerprint density at radius 1 is 1.06 bits per heavy atom. The number of nitrogens with zero attached hydrogens (tertiary/aromatic N) is 1. The van der Waals surface area contributed by atoms with Crippen LogP contribution >= 0.6 is 0 Å². The topological polar surface area (TPSA) is 38.9 Å². The Hall–Kier alpha value is -1.67. The SMILES string of the molecule is Cc1ccc(C)c([C@@H](N)c2ccncc2)c1. The number of rotatable bonds is 2. The Morgan fingerprint density at radius 3 is 2.44 bits per heavy atom. The number of pyridine rings is 1. The maximum absolute atomic E-state index is 6.26. The molecule has 1 aromatic heterocycles. The second kappa shape index (κ2) is 4.45. The molecule has 0 saturated carbocycles. The van der Waals surface area contributed by atoms with Gasteiger partial charge < -0.3 is 5.73 Å². The summed E-state index contributed by atoms with van der Waals surface area (Å²) in [7, 11) is 0. The van der Waals surface area contributed by atoms with Gasteiger partial charge in [0.2, 0.25) is 0 Å². The molecule has 2 rings (SSSR count). The van der Waals surface area contributed by atoms with Crippen molar-refractivity contribution >= 4 is 0 Å². The smallest absolute Gasteiger partial charge is 0.0555 e. The van der Waals surface area contributed by atoms with Crippen LogP contribution in [0.15, 0.2) is 42.7 Å². The van der Waals surface area contributed by atoms with E-state index in [2.05, 4.69) is 37.0 Å². The van der Waals surface area contributed by atoms with Gasteiger partial charge in [0.15, 0.2) is 0 Å². The second-order valence-electron chi connectivity index (χ2n) is 4.12. The molecule has 2 heteroatoms. The molecule has 0 fully saturated rings. The van der Waals surface area contributed by atoms with Crippen molar-refractivity contribution in [3.8, 4) is 0 Å². The maximum atomic E-state index is 6.26. The Kier molecular flexibility index (Phi) is 3.02. The van der Waals surface area contributed by atoms with Crippen LogP contribution in [0.1, 0.15) is 28.3 Å². The molecule has 1 heterocycles. The first-order valence-electron chi connectivity index (χ1n) is 5.41. The molecule has 0 unspecified atom stereocenters.